The Morgan fingerprint density at radius 2 is 1.88 bits per heavy atom. The number of benzene rings is 1. The van der Waals surface area contributed by atoms with Gasteiger partial charge in [0.1, 0.15) is 0 Å². The van der Waals surface area contributed by atoms with Crippen molar-refractivity contribution in [3.8, 4) is 0 Å². The van der Waals surface area contributed by atoms with E-state index in [2.05, 4.69) is 43.4 Å². The lowest BCUT2D eigenvalue weighted by Gasteiger charge is -2.36. The molecule has 1 fully saturated rings. The zero-order chi connectivity index (χ0) is 17.5. The van der Waals surface area contributed by atoms with E-state index in [0.29, 0.717) is 25.2 Å². The molecule has 1 unspecified atom stereocenters. The van der Waals surface area contributed by atoms with Crippen LogP contribution in [0.25, 0.3) is 0 Å². The third-order valence-electron chi connectivity index (χ3n) is 4.88. The van der Waals surface area contributed by atoms with E-state index in [1.165, 1.54) is 17.5 Å². The first kappa shape index (κ1) is 18.5. The van der Waals surface area contributed by atoms with Crippen LogP contribution < -0.4 is 5.32 Å². The van der Waals surface area contributed by atoms with Crippen LogP contribution in [-0.4, -0.2) is 30.3 Å². The van der Waals surface area contributed by atoms with Crippen LogP contribution in [0.3, 0.4) is 0 Å². The molecule has 0 bridgehead atoms. The molecule has 1 aromatic rings. The first-order valence-corrected chi connectivity index (χ1v) is 9.13. The number of carbonyl (C=O) groups is 2. The Balaban J connectivity index is 2.01. The molecule has 0 spiro atoms. The Labute approximate surface area is 145 Å². The predicted octanol–water partition coefficient (Wildman–Crippen LogP) is 3.78. The van der Waals surface area contributed by atoms with Crippen LogP contribution in [0.4, 0.5) is 0 Å². The van der Waals surface area contributed by atoms with Crippen LogP contribution in [0.2, 0.25) is 0 Å². The molecule has 24 heavy (non-hydrogen) atoms. The Kier molecular flexibility index (Phi) is 6.83. The van der Waals surface area contributed by atoms with E-state index in [0.717, 1.165) is 19.4 Å². The highest BCUT2D eigenvalue weighted by Crippen LogP contribution is 2.32. The van der Waals surface area contributed by atoms with Crippen molar-refractivity contribution in [3.63, 3.8) is 0 Å². The molecule has 1 heterocycles. The van der Waals surface area contributed by atoms with Gasteiger partial charge in [-0.15, -0.1) is 0 Å². The molecule has 1 N–H and O–H groups in total. The highest BCUT2D eigenvalue weighted by atomic mass is 16.2. The fourth-order valence-corrected chi connectivity index (χ4v) is 3.35. The summed E-state index contributed by atoms with van der Waals surface area (Å²) in [6, 6.07) is 8.91. The van der Waals surface area contributed by atoms with Crippen LogP contribution >= 0.6 is 0 Å². The highest BCUT2D eigenvalue weighted by Gasteiger charge is 2.27. The third-order valence-corrected chi connectivity index (χ3v) is 4.88. The summed E-state index contributed by atoms with van der Waals surface area (Å²) in [7, 11) is 1.63. The maximum absolute atomic E-state index is 12.6. The van der Waals surface area contributed by atoms with Gasteiger partial charge in [-0.25, -0.2) is 0 Å². The Hall–Kier alpha value is -1.84. The van der Waals surface area contributed by atoms with Crippen LogP contribution in [0, 0.1) is 0 Å². The van der Waals surface area contributed by atoms with Gasteiger partial charge >= 0.3 is 0 Å². The molecule has 4 nitrogen and oxygen atoms in total. The highest BCUT2D eigenvalue weighted by molar-refractivity contribution is 5.79. The van der Waals surface area contributed by atoms with Crippen molar-refractivity contribution in [2.75, 3.05) is 13.6 Å². The molecule has 0 radical (unpaired) electrons. The van der Waals surface area contributed by atoms with Gasteiger partial charge in [0.2, 0.25) is 11.8 Å². The summed E-state index contributed by atoms with van der Waals surface area (Å²) < 4.78 is 0. The second-order valence-electron chi connectivity index (χ2n) is 6.95. The summed E-state index contributed by atoms with van der Waals surface area (Å²) in [4.78, 5) is 26.0. The predicted molar refractivity (Wildman–Crippen MR) is 96.8 cm³/mol. The number of carbonyl (C=O) groups excluding carboxylic acids is 2. The van der Waals surface area contributed by atoms with Crippen molar-refractivity contribution in [1.82, 2.24) is 10.2 Å². The van der Waals surface area contributed by atoms with Gasteiger partial charge in [0.25, 0.3) is 0 Å². The van der Waals surface area contributed by atoms with Gasteiger partial charge in [-0.2, -0.15) is 0 Å². The fourth-order valence-electron chi connectivity index (χ4n) is 3.35. The molecular formula is C20H30N2O2. The zero-order valence-electron chi connectivity index (χ0n) is 15.2. The van der Waals surface area contributed by atoms with Gasteiger partial charge in [-0.3, -0.25) is 9.59 Å². The molecule has 1 aliphatic heterocycles. The van der Waals surface area contributed by atoms with Gasteiger partial charge in [-0.05, 0) is 42.7 Å². The maximum atomic E-state index is 12.6. The van der Waals surface area contributed by atoms with Crippen molar-refractivity contribution >= 4 is 11.8 Å². The maximum Gasteiger partial charge on any atom is 0.223 e. The topological polar surface area (TPSA) is 49.4 Å². The van der Waals surface area contributed by atoms with E-state index in [9.17, 15) is 9.59 Å². The minimum Gasteiger partial charge on any atom is -0.359 e. The summed E-state index contributed by atoms with van der Waals surface area (Å²) in [6.07, 6.45) is 4.76. The number of nitrogens with one attached hydrogen (secondary N) is 1. The molecule has 4 heteroatoms. The van der Waals surface area contributed by atoms with Gasteiger partial charge in [0, 0.05) is 26.4 Å². The van der Waals surface area contributed by atoms with Crippen molar-refractivity contribution < 1.29 is 9.59 Å². The molecule has 1 saturated heterocycles. The molecule has 0 aliphatic carbocycles. The van der Waals surface area contributed by atoms with Crippen molar-refractivity contribution in [3.05, 3.63) is 35.4 Å². The monoisotopic (exact) mass is 330 g/mol. The quantitative estimate of drug-likeness (QED) is 0.863. The number of piperidine rings is 1. The average Bonchev–Trinajstić information content (AvgIpc) is 2.61. The standard InChI is InChI=1S/C20H30N2O2/c1-15(2)16-10-12-17(13-11-16)18-7-4-5-14-22(18)20(24)9-6-8-19(23)21-3/h10-13,15,18H,4-9,14H2,1-3H3,(H,21,23). The van der Waals surface area contributed by atoms with Crippen molar-refractivity contribution in [2.24, 2.45) is 0 Å². The molecule has 0 aromatic heterocycles. The first-order valence-electron chi connectivity index (χ1n) is 9.13. The summed E-state index contributed by atoms with van der Waals surface area (Å²) in [5.41, 5.74) is 2.57. The fraction of sp³-hybridized carbons (Fsp3) is 0.600. The van der Waals surface area contributed by atoms with Gasteiger partial charge in [0.15, 0.2) is 0 Å². The molecular weight excluding hydrogens is 300 g/mol. The molecule has 2 amide bonds. The third kappa shape index (κ3) is 4.83. The van der Waals surface area contributed by atoms with Gasteiger partial charge in [-0.1, -0.05) is 38.1 Å². The lowest BCUT2D eigenvalue weighted by Crippen LogP contribution is -2.38. The summed E-state index contributed by atoms with van der Waals surface area (Å²) in [6.45, 7) is 5.21. The minimum absolute atomic E-state index is 0.00210. The van der Waals surface area contributed by atoms with Crippen LogP contribution in [0.15, 0.2) is 24.3 Å². The summed E-state index contributed by atoms with van der Waals surface area (Å²) in [5.74, 6) is 0.701. The number of likely N-dealkylation sites (tertiary alicyclic amines) is 1. The van der Waals surface area contributed by atoms with Crippen molar-refractivity contribution in [2.45, 2.75) is 64.3 Å². The van der Waals surface area contributed by atoms with E-state index in [-0.39, 0.29) is 17.9 Å². The second kappa shape index (κ2) is 8.86. The SMILES string of the molecule is CNC(=O)CCCC(=O)N1CCCCC1c1ccc(C(C)C)cc1. The van der Waals surface area contributed by atoms with Crippen LogP contribution in [0.1, 0.15) is 75.5 Å². The molecule has 132 valence electrons. The zero-order valence-corrected chi connectivity index (χ0v) is 15.2. The minimum atomic E-state index is 0.00210. The Bertz CT molecular complexity index is 551. The van der Waals surface area contributed by atoms with E-state index in [4.69, 9.17) is 0 Å². The summed E-state index contributed by atoms with van der Waals surface area (Å²) in [5, 5.41) is 2.60. The van der Waals surface area contributed by atoms with E-state index >= 15 is 0 Å². The second-order valence-corrected chi connectivity index (χ2v) is 6.95. The first-order chi connectivity index (χ1) is 11.5. The number of amides is 2. The molecule has 1 aromatic carbocycles. The smallest absolute Gasteiger partial charge is 0.223 e. The lowest BCUT2D eigenvalue weighted by molar-refractivity contribution is -0.135. The molecule has 0 saturated carbocycles. The molecule has 1 atom stereocenters. The van der Waals surface area contributed by atoms with E-state index in [1.807, 2.05) is 4.90 Å². The normalized spacial score (nSPS) is 17.8. The van der Waals surface area contributed by atoms with E-state index < -0.39 is 0 Å². The summed E-state index contributed by atoms with van der Waals surface area (Å²) >= 11 is 0. The average molecular weight is 330 g/mol. The lowest BCUT2D eigenvalue weighted by atomic mass is 9.92. The number of rotatable bonds is 6. The van der Waals surface area contributed by atoms with Gasteiger partial charge < -0.3 is 10.2 Å². The van der Waals surface area contributed by atoms with Gasteiger partial charge in [0.05, 0.1) is 6.04 Å². The number of hydrogen-bond donors (Lipinski definition) is 1. The molecule has 1 aliphatic rings. The number of hydrogen-bond acceptors (Lipinski definition) is 2. The van der Waals surface area contributed by atoms with Crippen molar-refractivity contribution in [1.29, 1.82) is 0 Å². The Morgan fingerprint density at radius 1 is 1.17 bits per heavy atom. The molecule has 2 rings (SSSR count). The van der Waals surface area contributed by atoms with Crippen LogP contribution in [-0.2, 0) is 9.59 Å². The Morgan fingerprint density at radius 3 is 2.50 bits per heavy atom. The van der Waals surface area contributed by atoms with E-state index in [1.54, 1.807) is 7.05 Å². The van der Waals surface area contributed by atoms with Crippen LogP contribution in [0.5, 0.6) is 0 Å². The number of nitrogens with zero attached hydrogens (tertiary/aromatic N) is 1. The largest absolute Gasteiger partial charge is 0.359 e.